The molecule has 0 radical (unpaired) electrons. The third-order valence-corrected chi connectivity index (χ3v) is 5.70. The molecule has 0 aromatic rings. The van der Waals surface area contributed by atoms with Gasteiger partial charge in [0.05, 0.1) is 6.54 Å². The molecule has 0 aromatic carbocycles. The smallest absolute Gasteiger partial charge is 0.303 e. The molecule has 0 bridgehead atoms. The van der Waals surface area contributed by atoms with Crippen molar-refractivity contribution in [1.29, 1.82) is 0 Å². The molecule has 2 heterocycles. The number of carboxylic acid groups (broad SMARTS) is 1. The fourth-order valence-electron chi connectivity index (χ4n) is 3.91. The highest BCUT2D eigenvalue weighted by atomic mass is 16.4. The van der Waals surface area contributed by atoms with Crippen LogP contribution >= 0.6 is 0 Å². The molecule has 0 aliphatic carbocycles. The Morgan fingerprint density at radius 2 is 1.59 bits per heavy atom. The number of carboxylic acids is 1. The zero-order valence-electron chi connectivity index (χ0n) is 17.7. The van der Waals surface area contributed by atoms with E-state index >= 15 is 0 Å². The number of likely N-dealkylation sites (N-methyl/N-ethyl adjacent to an activating group) is 1. The van der Waals surface area contributed by atoms with Crippen LogP contribution in [0.15, 0.2) is 0 Å². The van der Waals surface area contributed by atoms with Crippen LogP contribution < -0.4 is 10.6 Å². The van der Waals surface area contributed by atoms with Crippen LogP contribution in [0.25, 0.3) is 0 Å². The van der Waals surface area contributed by atoms with E-state index in [0.29, 0.717) is 44.9 Å². The van der Waals surface area contributed by atoms with E-state index in [0.717, 1.165) is 52.1 Å². The van der Waals surface area contributed by atoms with Crippen molar-refractivity contribution in [2.75, 3.05) is 66.0 Å². The SMILES string of the molecule is [12CH3][14N]1CCN(CC2CCCN2CC(=O)NCCCC(=O)NCCCC(=O)O)CC1. The molecule has 1 unspecified atom stereocenters. The van der Waals surface area contributed by atoms with Crippen LogP contribution in [0.3, 0.4) is 0 Å². The van der Waals surface area contributed by atoms with Gasteiger partial charge in [-0.05, 0) is 39.3 Å². The second-order valence-corrected chi connectivity index (χ2v) is 8.17. The van der Waals surface area contributed by atoms with E-state index in [1.807, 2.05) is 0 Å². The van der Waals surface area contributed by atoms with Gasteiger partial charge in [0.2, 0.25) is 11.8 Å². The minimum absolute atomic E-state index is 0.0251. The van der Waals surface area contributed by atoms with Crippen LogP contribution in [0.2, 0.25) is 0 Å². The second kappa shape index (κ2) is 12.8. The Bertz CT molecular complexity index is 537. The Balaban J connectivity index is 1.55. The number of hydrogen-bond acceptors (Lipinski definition) is 6. The van der Waals surface area contributed by atoms with E-state index in [-0.39, 0.29) is 18.2 Å². The van der Waals surface area contributed by atoms with Crippen molar-refractivity contribution < 1.29 is 19.5 Å². The summed E-state index contributed by atoms with van der Waals surface area (Å²) in [6.45, 7) is 7.74. The predicted molar refractivity (Wildman–Crippen MR) is 111 cm³/mol. The molecule has 2 rings (SSSR count). The molecule has 0 aromatic heterocycles. The van der Waals surface area contributed by atoms with E-state index < -0.39 is 5.97 Å². The summed E-state index contributed by atoms with van der Waals surface area (Å²) >= 11 is 0. The van der Waals surface area contributed by atoms with Gasteiger partial charge in [0.15, 0.2) is 0 Å². The van der Waals surface area contributed by atoms with Crippen molar-refractivity contribution in [3.8, 4) is 0 Å². The maximum Gasteiger partial charge on any atom is 0.303 e. The maximum absolute atomic E-state index is 12.3. The standard InChI is InChI=1S/C20H37N5O4/c1-23-11-13-24(14-12-23)15-17-5-4-10-25(17)16-19(27)22-8-2-6-18(26)21-9-3-7-20(28)29/h17H,2-16H2,1H3,(H,21,26)(H,22,27)(H,28,29)/i1+0,23+0. The summed E-state index contributed by atoms with van der Waals surface area (Å²) in [4.78, 5) is 41.5. The fourth-order valence-corrected chi connectivity index (χ4v) is 3.91. The molecule has 2 aliphatic rings. The molecule has 0 saturated carbocycles. The number of nitrogens with zero attached hydrogens (tertiary/aromatic N) is 3. The van der Waals surface area contributed by atoms with Gasteiger partial charge in [0, 0.05) is 64.7 Å². The summed E-state index contributed by atoms with van der Waals surface area (Å²) in [5.41, 5.74) is 0. The van der Waals surface area contributed by atoms with Gasteiger partial charge in [0.1, 0.15) is 0 Å². The van der Waals surface area contributed by atoms with Crippen molar-refractivity contribution >= 4 is 17.8 Å². The van der Waals surface area contributed by atoms with Gasteiger partial charge in [0.25, 0.3) is 0 Å². The number of carbonyl (C=O) groups is 3. The second-order valence-electron chi connectivity index (χ2n) is 8.17. The lowest BCUT2D eigenvalue weighted by atomic mass is 10.2. The highest BCUT2D eigenvalue weighted by molar-refractivity contribution is 5.78. The van der Waals surface area contributed by atoms with Gasteiger partial charge in [-0.15, -0.1) is 0 Å². The molecule has 1 atom stereocenters. The van der Waals surface area contributed by atoms with E-state index in [9.17, 15) is 14.4 Å². The van der Waals surface area contributed by atoms with Crippen LogP contribution in [0.4, 0.5) is 0 Å². The molecule has 9 heteroatoms. The number of rotatable bonds is 12. The zero-order chi connectivity index (χ0) is 21.1. The Hall–Kier alpha value is -1.71. The molecular weight excluding hydrogens is 374 g/mol. The molecule has 0 spiro atoms. The van der Waals surface area contributed by atoms with Gasteiger partial charge >= 0.3 is 5.97 Å². The average molecular weight is 412 g/mol. The van der Waals surface area contributed by atoms with Crippen LogP contribution in [-0.2, 0) is 14.4 Å². The first kappa shape index (κ1) is 23.6. The fraction of sp³-hybridized carbons (Fsp3) is 0.850. The van der Waals surface area contributed by atoms with Crippen molar-refractivity contribution in [1.82, 2.24) is 25.3 Å². The Labute approximate surface area is 173 Å². The topological polar surface area (TPSA) is 105 Å². The number of piperazine rings is 1. The quantitative estimate of drug-likeness (QED) is 0.375. The van der Waals surface area contributed by atoms with Crippen molar-refractivity contribution in [3.05, 3.63) is 0 Å². The summed E-state index contributed by atoms with van der Waals surface area (Å²) in [7, 11) is 2.16. The summed E-state index contributed by atoms with van der Waals surface area (Å²) in [6, 6.07) is 0.459. The summed E-state index contributed by atoms with van der Waals surface area (Å²) in [5.74, 6) is -0.931. The van der Waals surface area contributed by atoms with Crippen LogP contribution in [0, 0.1) is 0 Å². The Morgan fingerprint density at radius 1 is 0.931 bits per heavy atom. The third kappa shape index (κ3) is 9.56. The van der Waals surface area contributed by atoms with E-state index in [1.54, 1.807) is 0 Å². The van der Waals surface area contributed by atoms with Gasteiger partial charge < -0.3 is 20.6 Å². The van der Waals surface area contributed by atoms with Gasteiger partial charge in [-0.2, -0.15) is 0 Å². The van der Waals surface area contributed by atoms with Crippen LogP contribution in [0.1, 0.15) is 38.5 Å². The third-order valence-electron chi connectivity index (χ3n) is 5.70. The molecule has 2 fully saturated rings. The molecule has 3 N–H and O–H groups in total. The normalized spacial score (nSPS) is 21.2. The molecular formula is C20H37N5O4. The van der Waals surface area contributed by atoms with Gasteiger partial charge in [-0.1, -0.05) is 0 Å². The first-order chi connectivity index (χ1) is 13.9. The van der Waals surface area contributed by atoms with E-state index in [2.05, 4.69) is 32.4 Å². The minimum atomic E-state index is -0.856. The van der Waals surface area contributed by atoms with Gasteiger partial charge in [-0.25, -0.2) is 0 Å². The van der Waals surface area contributed by atoms with E-state index in [1.165, 1.54) is 0 Å². The molecule has 2 saturated heterocycles. The Kier molecular flexibility index (Phi) is 10.4. The zero-order valence-corrected chi connectivity index (χ0v) is 17.7. The summed E-state index contributed by atoms with van der Waals surface area (Å²) < 4.78 is 0. The average Bonchev–Trinajstić information content (AvgIpc) is 3.10. The first-order valence-electron chi connectivity index (χ1n) is 10.8. The molecule has 166 valence electrons. The largest absolute Gasteiger partial charge is 0.481 e. The maximum atomic E-state index is 12.3. The lowest BCUT2D eigenvalue weighted by molar-refractivity contribution is -0.137. The minimum Gasteiger partial charge on any atom is -0.481 e. The van der Waals surface area contributed by atoms with Gasteiger partial charge in [-0.3, -0.25) is 24.2 Å². The molecule has 2 aliphatic heterocycles. The lowest BCUT2D eigenvalue weighted by Gasteiger charge is -2.36. The van der Waals surface area contributed by atoms with Crippen LogP contribution in [0.5, 0.6) is 0 Å². The highest BCUT2D eigenvalue weighted by Crippen LogP contribution is 2.18. The number of likely N-dealkylation sites (tertiary alicyclic amines) is 1. The summed E-state index contributed by atoms with van der Waals surface area (Å²) in [5, 5.41) is 14.2. The lowest BCUT2D eigenvalue weighted by Crippen LogP contribution is -2.50. The molecule has 9 nitrogen and oxygen atoms in total. The van der Waals surface area contributed by atoms with Crippen molar-refractivity contribution in [2.24, 2.45) is 0 Å². The number of nitrogens with one attached hydrogen (secondary N) is 2. The number of carbonyl (C=O) groups excluding carboxylic acids is 2. The number of amides is 2. The number of hydrogen-bond donors (Lipinski definition) is 3. The Morgan fingerprint density at radius 3 is 2.28 bits per heavy atom. The summed E-state index contributed by atoms with van der Waals surface area (Å²) in [6.07, 6.45) is 3.71. The highest BCUT2D eigenvalue weighted by Gasteiger charge is 2.28. The molecule has 29 heavy (non-hydrogen) atoms. The first-order valence-corrected chi connectivity index (χ1v) is 10.8. The predicted octanol–water partition coefficient (Wildman–Crippen LogP) is -0.424. The monoisotopic (exact) mass is 411 g/mol. The van der Waals surface area contributed by atoms with E-state index in [4.69, 9.17) is 5.11 Å². The van der Waals surface area contributed by atoms with Crippen molar-refractivity contribution in [3.63, 3.8) is 0 Å². The molecule has 2 amide bonds. The van der Waals surface area contributed by atoms with Crippen LogP contribution in [-0.4, -0.2) is 110 Å². The van der Waals surface area contributed by atoms with Crippen molar-refractivity contribution in [2.45, 2.75) is 44.6 Å². The number of aliphatic carboxylic acids is 1.